The summed E-state index contributed by atoms with van der Waals surface area (Å²) in [7, 11) is 0. The van der Waals surface area contributed by atoms with Gasteiger partial charge in [-0.3, -0.25) is 19.2 Å². The molecular weight excluding hydrogens is 284 g/mol. The van der Waals surface area contributed by atoms with Crippen molar-refractivity contribution in [3.63, 3.8) is 0 Å². The molecule has 8 nitrogen and oxygen atoms in total. The summed E-state index contributed by atoms with van der Waals surface area (Å²) in [6, 6.07) is 0. The maximum Gasteiger partial charge on any atom is 0.311 e. The van der Waals surface area contributed by atoms with E-state index in [-0.39, 0.29) is 0 Å². The number of carbonyl (C=O) groups is 4. The molecule has 0 aliphatic heterocycles. The van der Waals surface area contributed by atoms with Crippen molar-refractivity contribution in [2.75, 3.05) is 0 Å². The van der Waals surface area contributed by atoms with Crippen LogP contribution in [-0.2, 0) is 19.2 Å². The molecular formula is C13H18O8. The molecule has 0 spiro atoms. The Hall–Kier alpha value is -2.12. The summed E-state index contributed by atoms with van der Waals surface area (Å²) >= 11 is 0. The third kappa shape index (κ3) is 1.50. The van der Waals surface area contributed by atoms with Crippen LogP contribution in [-0.4, -0.2) is 44.3 Å². The number of hydrogen-bond acceptors (Lipinski definition) is 4. The summed E-state index contributed by atoms with van der Waals surface area (Å²) in [4.78, 5) is 46.7. The first-order valence-corrected chi connectivity index (χ1v) is 6.17. The molecule has 4 unspecified atom stereocenters. The summed E-state index contributed by atoms with van der Waals surface area (Å²) in [5.41, 5.74) is -8.69. The molecule has 0 aromatic heterocycles. The fraction of sp³-hybridized carbons (Fsp3) is 0.692. The van der Waals surface area contributed by atoms with E-state index in [1.54, 1.807) is 0 Å². The lowest BCUT2D eigenvalue weighted by molar-refractivity contribution is -0.190. The Morgan fingerprint density at radius 2 is 0.857 bits per heavy atom. The second-order valence-corrected chi connectivity index (χ2v) is 6.31. The number of rotatable bonds is 4. The zero-order valence-corrected chi connectivity index (χ0v) is 12.1. The first kappa shape index (κ1) is 16.9. The van der Waals surface area contributed by atoms with Crippen LogP contribution in [0.5, 0.6) is 0 Å². The molecule has 8 heteroatoms. The van der Waals surface area contributed by atoms with E-state index in [0.717, 1.165) is 27.7 Å². The minimum absolute atomic E-state index is 0.601. The number of hydrogen-bond donors (Lipinski definition) is 4. The molecule has 1 fully saturated rings. The highest BCUT2D eigenvalue weighted by Gasteiger charge is 2.81. The van der Waals surface area contributed by atoms with Gasteiger partial charge in [-0.25, -0.2) is 0 Å². The minimum atomic E-state index is -2.30. The first-order chi connectivity index (χ1) is 9.23. The molecule has 1 rings (SSSR count). The predicted octanol–water partition coefficient (Wildman–Crippen LogP) is 0.754. The summed E-state index contributed by atoms with van der Waals surface area (Å²) in [5, 5.41) is 37.9. The van der Waals surface area contributed by atoms with Gasteiger partial charge in [0.2, 0.25) is 0 Å². The molecule has 4 atom stereocenters. The third-order valence-corrected chi connectivity index (χ3v) is 5.71. The normalized spacial score (nSPS) is 42.5. The van der Waals surface area contributed by atoms with Crippen molar-refractivity contribution in [3.8, 4) is 0 Å². The van der Waals surface area contributed by atoms with Crippen LogP contribution in [0.2, 0.25) is 0 Å². The molecule has 0 aromatic carbocycles. The van der Waals surface area contributed by atoms with Gasteiger partial charge in [0.1, 0.15) is 0 Å². The van der Waals surface area contributed by atoms with Gasteiger partial charge in [-0.2, -0.15) is 0 Å². The number of carboxylic acid groups (broad SMARTS) is 4. The van der Waals surface area contributed by atoms with Gasteiger partial charge in [0, 0.05) is 0 Å². The average molecular weight is 302 g/mol. The second kappa shape index (κ2) is 4.19. The predicted molar refractivity (Wildman–Crippen MR) is 67.6 cm³/mol. The molecule has 0 heterocycles. The quantitative estimate of drug-likeness (QED) is 0.594. The maximum atomic E-state index is 11.8. The van der Waals surface area contributed by atoms with Crippen LogP contribution in [0.15, 0.2) is 0 Å². The van der Waals surface area contributed by atoms with Gasteiger partial charge < -0.3 is 20.4 Å². The molecule has 0 amide bonds. The SMILES string of the molecule is CC1(C(=O)O)CC(C)(C(=O)O)C(C)(C(=O)O)C1(C)C(=O)O. The highest BCUT2D eigenvalue weighted by Crippen LogP contribution is 2.71. The molecule has 118 valence electrons. The first-order valence-electron chi connectivity index (χ1n) is 6.17. The topological polar surface area (TPSA) is 149 Å². The van der Waals surface area contributed by atoms with Gasteiger partial charge in [-0.05, 0) is 34.1 Å². The van der Waals surface area contributed by atoms with Crippen molar-refractivity contribution in [3.05, 3.63) is 0 Å². The fourth-order valence-electron chi connectivity index (χ4n) is 3.64. The monoisotopic (exact) mass is 302 g/mol. The lowest BCUT2D eigenvalue weighted by Crippen LogP contribution is -2.58. The van der Waals surface area contributed by atoms with Crippen molar-refractivity contribution in [2.45, 2.75) is 34.1 Å². The van der Waals surface area contributed by atoms with E-state index in [0.29, 0.717) is 0 Å². The third-order valence-electron chi connectivity index (χ3n) is 5.71. The van der Waals surface area contributed by atoms with Gasteiger partial charge in [0.15, 0.2) is 0 Å². The molecule has 4 N–H and O–H groups in total. The van der Waals surface area contributed by atoms with Gasteiger partial charge in [0.25, 0.3) is 0 Å². The van der Waals surface area contributed by atoms with E-state index in [1.165, 1.54) is 0 Å². The van der Waals surface area contributed by atoms with Crippen LogP contribution in [0.4, 0.5) is 0 Å². The molecule has 1 aliphatic rings. The summed E-state index contributed by atoms with van der Waals surface area (Å²) in [6.45, 7) is 4.15. The van der Waals surface area contributed by atoms with Crippen LogP contribution in [0.1, 0.15) is 34.1 Å². The Kier molecular flexibility index (Phi) is 3.38. The van der Waals surface area contributed by atoms with Gasteiger partial charge in [-0.15, -0.1) is 0 Å². The zero-order valence-electron chi connectivity index (χ0n) is 12.1. The average Bonchev–Trinajstić information content (AvgIpc) is 2.49. The van der Waals surface area contributed by atoms with E-state index < -0.39 is 52.0 Å². The summed E-state index contributed by atoms with van der Waals surface area (Å²) in [5.74, 6) is -6.38. The lowest BCUT2D eigenvalue weighted by atomic mass is 9.54. The molecule has 0 aromatic rings. The molecule has 0 bridgehead atoms. The Labute approximate surface area is 120 Å². The van der Waals surface area contributed by atoms with E-state index in [4.69, 9.17) is 0 Å². The highest BCUT2D eigenvalue weighted by atomic mass is 16.4. The number of aliphatic carboxylic acids is 4. The van der Waals surface area contributed by atoms with Crippen LogP contribution >= 0.6 is 0 Å². The van der Waals surface area contributed by atoms with Crippen LogP contribution in [0.25, 0.3) is 0 Å². The Balaban J connectivity index is 3.92. The Morgan fingerprint density at radius 3 is 1.00 bits per heavy atom. The molecule has 1 saturated carbocycles. The fourth-order valence-corrected chi connectivity index (χ4v) is 3.64. The summed E-state index contributed by atoms with van der Waals surface area (Å²) in [6.07, 6.45) is -0.601. The largest absolute Gasteiger partial charge is 0.481 e. The zero-order chi connectivity index (χ0) is 17.0. The van der Waals surface area contributed by atoms with Crippen molar-refractivity contribution in [1.82, 2.24) is 0 Å². The van der Waals surface area contributed by atoms with Gasteiger partial charge in [-0.1, -0.05) is 0 Å². The van der Waals surface area contributed by atoms with E-state index >= 15 is 0 Å². The van der Waals surface area contributed by atoms with E-state index in [9.17, 15) is 39.6 Å². The highest BCUT2D eigenvalue weighted by molar-refractivity contribution is 5.99. The van der Waals surface area contributed by atoms with Crippen molar-refractivity contribution in [2.24, 2.45) is 21.7 Å². The van der Waals surface area contributed by atoms with Gasteiger partial charge in [0.05, 0.1) is 21.7 Å². The Bertz CT molecular complexity index is 506. The van der Waals surface area contributed by atoms with Crippen LogP contribution in [0.3, 0.4) is 0 Å². The molecule has 21 heavy (non-hydrogen) atoms. The van der Waals surface area contributed by atoms with Gasteiger partial charge >= 0.3 is 23.9 Å². The second-order valence-electron chi connectivity index (χ2n) is 6.31. The molecule has 1 aliphatic carbocycles. The summed E-state index contributed by atoms with van der Waals surface area (Å²) < 4.78 is 0. The van der Waals surface area contributed by atoms with Crippen LogP contribution < -0.4 is 0 Å². The van der Waals surface area contributed by atoms with E-state index in [1.807, 2.05) is 0 Å². The molecule has 0 saturated heterocycles. The van der Waals surface area contributed by atoms with E-state index in [2.05, 4.69) is 0 Å². The smallest absolute Gasteiger partial charge is 0.311 e. The van der Waals surface area contributed by atoms with Crippen LogP contribution in [0, 0.1) is 21.7 Å². The van der Waals surface area contributed by atoms with Crippen molar-refractivity contribution < 1.29 is 39.6 Å². The van der Waals surface area contributed by atoms with Crippen molar-refractivity contribution in [1.29, 1.82) is 0 Å². The lowest BCUT2D eigenvalue weighted by Gasteiger charge is -2.44. The maximum absolute atomic E-state index is 11.8. The van der Waals surface area contributed by atoms with Crippen molar-refractivity contribution >= 4 is 23.9 Å². The Morgan fingerprint density at radius 1 is 0.619 bits per heavy atom. The number of carboxylic acids is 4. The molecule has 0 radical (unpaired) electrons. The minimum Gasteiger partial charge on any atom is -0.481 e. The standard InChI is InChI=1S/C13H18O8/c1-10(6(14)15)5-11(2,7(16)17)13(4,9(20)21)12(10,3)8(18)19/h5H2,1-4H3,(H,14,15)(H,16,17)(H,18,19)(H,20,21).